The number of rotatable bonds is 5. The molecular weight excluding hydrogens is 250 g/mol. The van der Waals surface area contributed by atoms with Gasteiger partial charge in [0, 0.05) is 5.54 Å². The minimum Gasteiger partial charge on any atom is -0.480 e. The monoisotopic (exact) mass is 271 g/mol. The Hall–Kier alpha value is -1.79. The minimum atomic E-state index is -1.12. The number of carboxylic acids is 1. The zero-order chi connectivity index (χ0) is 14.3. The van der Waals surface area contributed by atoms with Gasteiger partial charge >= 0.3 is 12.0 Å². The summed E-state index contributed by atoms with van der Waals surface area (Å²) in [4.78, 5) is 33.1. The van der Waals surface area contributed by atoms with Crippen LogP contribution in [0.15, 0.2) is 0 Å². The number of carbonyl (C=O) groups is 3. The molecule has 1 saturated carbocycles. The minimum absolute atomic E-state index is 0.208. The van der Waals surface area contributed by atoms with E-state index in [0.717, 1.165) is 25.7 Å². The summed E-state index contributed by atoms with van der Waals surface area (Å²) in [5.41, 5.74) is -0.208. The molecule has 0 bridgehead atoms. The van der Waals surface area contributed by atoms with E-state index in [1.807, 2.05) is 6.92 Å². The summed E-state index contributed by atoms with van der Waals surface area (Å²) in [6.07, 6.45) is 5.25. The molecule has 108 valence electrons. The Kier molecular flexibility index (Phi) is 5.59. The first-order chi connectivity index (χ1) is 8.91. The largest absolute Gasteiger partial charge is 0.480 e. The van der Waals surface area contributed by atoms with E-state index >= 15 is 0 Å². The van der Waals surface area contributed by atoms with E-state index in [4.69, 9.17) is 5.11 Å². The van der Waals surface area contributed by atoms with Crippen molar-refractivity contribution in [3.8, 4) is 0 Å². The second kappa shape index (κ2) is 6.96. The summed E-state index contributed by atoms with van der Waals surface area (Å²) in [6, 6.07) is -0.394. The highest BCUT2D eigenvalue weighted by Gasteiger charge is 2.28. The van der Waals surface area contributed by atoms with Crippen LogP contribution in [-0.2, 0) is 9.59 Å². The summed E-state index contributed by atoms with van der Waals surface area (Å²) in [5, 5.41) is 15.8. The van der Waals surface area contributed by atoms with Crippen molar-refractivity contribution in [2.45, 2.75) is 44.6 Å². The molecule has 7 heteroatoms. The number of carboxylic acid groups (broad SMARTS) is 1. The smallest absolute Gasteiger partial charge is 0.322 e. The molecule has 0 aromatic rings. The van der Waals surface area contributed by atoms with Crippen molar-refractivity contribution in [1.29, 1.82) is 0 Å². The van der Waals surface area contributed by atoms with Gasteiger partial charge < -0.3 is 21.1 Å². The Morgan fingerprint density at radius 3 is 2.26 bits per heavy atom. The molecule has 0 saturated heterocycles. The number of hydrogen-bond donors (Lipinski definition) is 4. The fourth-order valence-electron chi connectivity index (χ4n) is 2.17. The van der Waals surface area contributed by atoms with Gasteiger partial charge in [-0.3, -0.25) is 9.59 Å². The molecule has 0 aliphatic heterocycles. The molecule has 0 spiro atoms. The number of aliphatic carboxylic acids is 1. The van der Waals surface area contributed by atoms with E-state index in [1.54, 1.807) is 0 Å². The van der Waals surface area contributed by atoms with Gasteiger partial charge in [-0.25, -0.2) is 4.79 Å². The normalized spacial score (nSPS) is 17.3. The summed E-state index contributed by atoms with van der Waals surface area (Å²) >= 11 is 0. The third-order valence-electron chi connectivity index (χ3n) is 3.22. The third kappa shape index (κ3) is 6.08. The maximum absolute atomic E-state index is 11.6. The van der Waals surface area contributed by atoms with Gasteiger partial charge in [0.05, 0.1) is 6.54 Å². The van der Waals surface area contributed by atoms with Gasteiger partial charge in [-0.2, -0.15) is 0 Å². The number of urea groups is 1. The highest BCUT2D eigenvalue weighted by atomic mass is 16.4. The molecule has 1 rings (SSSR count). The van der Waals surface area contributed by atoms with Gasteiger partial charge in [0.25, 0.3) is 0 Å². The summed E-state index contributed by atoms with van der Waals surface area (Å²) in [7, 11) is 0. The Morgan fingerprint density at radius 2 is 1.68 bits per heavy atom. The van der Waals surface area contributed by atoms with Gasteiger partial charge in [0.2, 0.25) is 5.91 Å². The molecule has 1 aliphatic rings. The lowest BCUT2D eigenvalue weighted by Crippen LogP contribution is -2.52. The van der Waals surface area contributed by atoms with E-state index in [2.05, 4.69) is 16.0 Å². The van der Waals surface area contributed by atoms with Crippen LogP contribution in [0.4, 0.5) is 4.79 Å². The second-order valence-electron chi connectivity index (χ2n) is 5.10. The first-order valence-electron chi connectivity index (χ1n) is 6.46. The van der Waals surface area contributed by atoms with Crippen molar-refractivity contribution in [3.05, 3.63) is 0 Å². The van der Waals surface area contributed by atoms with Gasteiger partial charge in [-0.05, 0) is 19.8 Å². The number of amides is 3. The fraction of sp³-hybridized carbons (Fsp3) is 0.750. The molecule has 4 N–H and O–H groups in total. The summed E-state index contributed by atoms with van der Waals surface area (Å²) in [6.45, 7) is 1.32. The molecule has 0 aromatic carbocycles. The van der Waals surface area contributed by atoms with Crippen molar-refractivity contribution in [2.75, 3.05) is 13.1 Å². The van der Waals surface area contributed by atoms with Crippen molar-refractivity contribution in [3.63, 3.8) is 0 Å². The predicted molar refractivity (Wildman–Crippen MR) is 68.7 cm³/mol. The number of nitrogens with one attached hydrogen (secondary N) is 3. The van der Waals surface area contributed by atoms with E-state index in [1.165, 1.54) is 6.42 Å². The average molecular weight is 271 g/mol. The quantitative estimate of drug-likeness (QED) is 0.573. The summed E-state index contributed by atoms with van der Waals surface area (Å²) in [5.74, 6) is -1.64. The molecular formula is C12H21N3O4. The second-order valence-corrected chi connectivity index (χ2v) is 5.10. The molecule has 0 heterocycles. The van der Waals surface area contributed by atoms with Gasteiger partial charge in [0.15, 0.2) is 0 Å². The average Bonchev–Trinajstić information content (AvgIpc) is 2.34. The predicted octanol–water partition coefficient (Wildman–Crippen LogP) is 0.209. The van der Waals surface area contributed by atoms with Crippen LogP contribution in [0, 0.1) is 0 Å². The van der Waals surface area contributed by atoms with E-state index in [9.17, 15) is 14.4 Å². The topological polar surface area (TPSA) is 108 Å². The molecule has 0 atom stereocenters. The van der Waals surface area contributed by atoms with Crippen LogP contribution in [-0.4, -0.2) is 41.6 Å². The Balaban J connectivity index is 2.23. The molecule has 7 nitrogen and oxygen atoms in total. The lowest BCUT2D eigenvalue weighted by Gasteiger charge is -2.34. The summed E-state index contributed by atoms with van der Waals surface area (Å²) < 4.78 is 0. The van der Waals surface area contributed by atoms with Gasteiger partial charge in [0.1, 0.15) is 6.54 Å². The van der Waals surface area contributed by atoms with E-state index < -0.39 is 24.5 Å². The standard InChI is InChI=1S/C12H21N3O4/c1-12(5-3-2-4-6-12)15-11(19)14-7-9(16)13-8-10(17)18/h2-8H2,1H3,(H,13,16)(H,17,18)(H2,14,15,19). The van der Waals surface area contributed by atoms with Crippen molar-refractivity contribution < 1.29 is 19.5 Å². The molecule has 3 amide bonds. The maximum Gasteiger partial charge on any atom is 0.322 e. The highest BCUT2D eigenvalue weighted by molar-refractivity contribution is 5.86. The SMILES string of the molecule is CC1(NC(=O)NCC(=O)NCC(=O)O)CCCCC1. The van der Waals surface area contributed by atoms with Crippen molar-refractivity contribution in [2.24, 2.45) is 0 Å². The van der Waals surface area contributed by atoms with Crippen molar-refractivity contribution in [1.82, 2.24) is 16.0 Å². The number of hydrogen-bond acceptors (Lipinski definition) is 3. The lowest BCUT2D eigenvalue weighted by atomic mass is 9.83. The lowest BCUT2D eigenvalue weighted by molar-refractivity contribution is -0.137. The fourth-order valence-corrected chi connectivity index (χ4v) is 2.17. The Labute approximate surface area is 112 Å². The molecule has 19 heavy (non-hydrogen) atoms. The zero-order valence-corrected chi connectivity index (χ0v) is 11.1. The first-order valence-corrected chi connectivity index (χ1v) is 6.46. The molecule has 1 fully saturated rings. The number of carbonyl (C=O) groups excluding carboxylic acids is 2. The molecule has 0 unspecified atom stereocenters. The van der Waals surface area contributed by atoms with Crippen LogP contribution in [0.3, 0.4) is 0 Å². The van der Waals surface area contributed by atoms with Crippen LogP contribution < -0.4 is 16.0 Å². The van der Waals surface area contributed by atoms with E-state index in [0.29, 0.717) is 0 Å². The van der Waals surface area contributed by atoms with Crippen LogP contribution in [0.5, 0.6) is 0 Å². The van der Waals surface area contributed by atoms with Gasteiger partial charge in [-0.1, -0.05) is 19.3 Å². The van der Waals surface area contributed by atoms with Crippen LogP contribution in [0.1, 0.15) is 39.0 Å². The molecule has 0 aromatic heterocycles. The van der Waals surface area contributed by atoms with Crippen LogP contribution in [0.2, 0.25) is 0 Å². The Bertz CT molecular complexity index is 351. The van der Waals surface area contributed by atoms with Gasteiger partial charge in [-0.15, -0.1) is 0 Å². The van der Waals surface area contributed by atoms with Crippen LogP contribution in [0.25, 0.3) is 0 Å². The van der Waals surface area contributed by atoms with E-state index in [-0.39, 0.29) is 12.1 Å². The highest BCUT2D eigenvalue weighted by Crippen LogP contribution is 2.27. The molecule has 0 radical (unpaired) electrons. The molecule has 1 aliphatic carbocycles. The van der Waals surface area contributed by atoms with Crippen molar-refractivity contribution >= 4 is 17.9 Å². The maximum atomic E-state index is 11.6. The first kappa shape index (κ1) is 15.3. The third-order valence-corrected chi connectivity index (χ3v) is 3.22. The Morgan fingerprint density at radius 1 is 1.05 bits per heavy atom. The zero-order valence-electron chi connectivity index (χ0n) is 11.1. The van der Waals surface area contributed by atoms with Crippen LogP contribution >= 0.6 is 0 Å².